The summed E-state index contributed by atoms with van der Waals surface area (Å²) in [5.41, 5.74) is 1.15. The van der Waals surface area contributed by atoms with Gasteiger partial charge in [-0.05, 0) is 43.7 Å². The van der Waals surface area contributed by atoms with E-state index in [2.05, 4.69) is 5.32 Å². The molecule has 4 nitrogen and oxygen atoms in total. The average molecular weight is 389 g/mol. The molecule has 0 saturated carbocycles. The SMILES string of the molecule is COc1ccc2c(c1)C(NC(=O)CSCc1ccccc1F)CC(C)(C)O2. The molecule has 0 aliphatic carbocycles. The number of carbonyl (C=O) groups is 1. The van der Waals surface area contributed by atoms with E-state index in [1.54, 1.807) is 25.3 Å². The molecule has 0 radical (unpaired) electrons. The van der Waals surface area contributed by atoms with Crippen molar-refractivity contribution in [2.24, 2.45) is 0 Å². The van der Waals surface area contributed by atoms with Crippen LogP contribution in [0, 0.1) is 5.82 Å². The van der Waals surface area contributed by atoms with Crippen LogP contribution in [0.15, 0.2) is 42.5 Å². The third-order valence-electron chi connectivity index (χ3n) is 4.46. The Bertz CT molecular complexity index is 825. The van der Waals surface area contributed by atoms with E-state index in [4.69, 9.17) is 9.47 Å². The molecule has 1 aliphatic rings. The van der Waals surface area contributed by atoms with Crippen molar-refractivity contribution in [1.82, 2.24) is 5.32 Å². The summed E-state index contributed by atoms with van der Waals surface area (Å²) in [5.74, 6) is 1.90. The van der Waals surface area contributed by atoms with Crippen LogP contribution >= 0.6 is 11.8 Å². The van der Waals surface area contributed by atoms with Gasteiger partial charge in [0.05, 0.1) is 18.9 Å². The molecule has 0 aromatic heterocycles. The first-order valence-corrected chi connectivity index (χ1v) is 10.0. The number of ether oxygens (including phenoxy) is 2. The standard InChI is InChI=1S/C21H24FNO3S/c1-21(2)11-18(16-10-15(25-3)8-9-19(16)26-21)23-20(24)13-27-12-14-6-4-5-7-17(14)22/h4-10,18H,11-13H2,1-3H3,(H,23,24). The van der Waals surface area contributed by atoms with Crippen molar-refractivity contribution in [3.8, 4) is 11.5 Å². The zero-order valence-electron chi connectivity index (χ0n) is 15.8. The Labute approximate surface area is 163 Å². The van der Waals surface area contributed by atoms with Crippen molar-refractivity contribution >= 4 is 17.7 Å². The quantitative estimate of drug-likeness (QED) is 0.791. The summed E-state index contributed by atoms with van der Waals surface area (Å²) in [6.07, 6.45) is 0.664. The highest BCUT2D eigenvalue weighted by molar-refractivity contribution is 7.99. The number of benzene rings is 2. The Morgan fingerprint density at radius 1 is 1.33 bits per heavy atom. The molecule has 1 N–H and O–H groups in total. The van der Waals surface area contributed by atoms with Gasteiger partial charge in [-0.3, -0.25) is 4.79 Å². The van der Waals surface area contributed by atoms with E-state index >= 15 is 0 Å². The van der Waals surface area contributed by atoms with Gasteiger partial charge in [0, 0.05) is 17.7 Å². The number of rotatable bonds is 6. The van der Waals surface area contributed by atoms with Crippen molar-refractivity contribution in [1.29, 1.82) is 0 Å². The highest BCUT2D eigenvalue weighted by Crippen LogP contribution is 2.41. The first-order chi connectivity index (χ1) is 12.9. The second-order valence-electron chi connectivity index (χ2n) is 7.17. The van der Waals surface area contributed by atoms with Crippen molar-refractivity contribution in [3.05, 3.63) is 59.4 Å². The van der Waals surface area contributed by atoms with Crippen LogP contribution in [-0.2, 0) is 10.5 Å². The number of carbonyl (C=O) groups excluding carboxylic acids is 1. The van der Waals surface area contributed by atoms with E-state index in [0.29, 0.717) is 17.7 Å². The summed E-state index contributed by atoms with van der Waals surface area (Å²) in [4.78, 5) is 12.5. The Balaban J connectivity index is 1.64. The molecule has 0 saturated heterocycles. The normalized spacial score (nSPS) is 17.6. The summed E-state index contributed by atoms with van der Waals surface area (Å²) in [7, 11) is 1.61. The predicted octanol–water partition coefficient (Wildman–Crippen LogP) is 4.49. The number of methoxy groups -OCH3 is 1. The van der Waals surface area contributed by atoms with E-state index in [-0.39, 0.29) is 29.1 Å². The molecule has 144 valence electrons. The summed E-state index contributed by atoms with van der Waals surface area (Å²) in [5, 5.41) is 3.09. The van der Waals surface area contributed by atoms with E-state index in [1.165, 1.54) is 17.8 Å². The number of halogens is 1. The topological polar surface area (TPSA) is 47.6 Å². The lowest BCUT2D eigenvalue weighted by atomic mass is 9.89. The van der Waals surface area contributed by atoms with Gasteiger partial charge in [0.15, 0.2) is 0 Å². The second kappa shape index (κ2) is 8.21. The summed E-state index contributed by atoms with van der Waals surface area (Å²) >= 11 is 1.40. The summed E-state index contributed by atoms with van der Waals surface area (Å²) < 4.78 is 25.0. The Morgan fingerprint density at radius 2 is 2.11 bits per heavy atom. The van der Waals surface area contributed by atoms with E-state index in [9.17, 15) is 9.18 Å². The first-order valence-electron chi connectivity index (χ1n) is 8.85. The fourth-order valence-electron chi connectivity index (χ4n) is 3.19. The number of hydrogen-bond donors (Lipinski definition) is 1. The molecular weight excluding hydrogens is 365 g/mol. The third-order valence-corrected chi connectivity index (χ3v) is 5.44. The van der Waals surface area contributed by atoms with Crippen molar-refractivity contribution in [2.45, 2.75) is 37.7 Å². The second-order valence-corrected chi connectivity index (χ2v) is 8.16. The molecule has 0 bridgehead atoms. The summed E-state index contributed by atoms with van der Waals surface area (Å²) in [6, 6.07) is 12.1. The van der Waals surface area contributed by atoms with E-state index in [0.717, 1.165) is 17.1 Å². The van der Waals surface area contributed by atoms with Gasteiger partial charge < -0.3 is 14.8 Å². The highest BCUT2D eigenvalue weighted by Gasteiger charge is 2.34. The predicted molar refractivity (Wildman–Crippen MR) is 106 cm³/mol. The fraction of sp³-hybridized carbons (Fsp3) is 0.381. The van der Waals surface area contributed by atoms with E-state index in [1.807, 2.05) is 32.0 Å². The molecule has 1 unspecified atom stereocenters. The van der Waals surface area contributed by atoms with Gasteiger partial charge in [-0.2, -0.15) is 0 Å². The zero-order valence-corrected chi connectivity index (χ0v) is 16.6. The molecule has 1 amide bonds. The minimum atomic E-state index is -0.375. The molecule has 27 heavy (non-hydrogen) atoms. The van der Waals surface area contributed by atoms with E-state index < -0.39 is 0 Å². The van der Waals surface area contributed by atoms with Gasteiger partial charge in [-0.15, -0.1) is 11.8 Å². The van der Waals surface area contributed by atoms with Crippen LogP contribution in [0.2, 0.25) is 0 Å². The summed E-state index contributed by atoms with van der Waals surface area (Å²) in [6.45, 7) is 4.01. The Morgan fingerprint density at radius 3 is 2.85 bits per heavy atom. The molecule has 2 aromatic rings. The maximum atomic E-state index is 13.7. The molecule has 0 fully saturated rings. The lowest BCUT2D eigenvalue weighted by Crippen LogP contribution is -2.41. The van der Waals surface area contributed by atoms with Crippen LogP contribution in [0.25, 0.3) is 0 Å². The van der Waals surface area contributed by atoms with Crippen LogP contribution in [0.5, 0.6) is 11.5 Å². The van der Waals surface area contributed by atoms with Gasteiger partial charge >= 0.3 is 0 Å². The fourth-order valence-corrected chi connectivity index (χ4v) is 4.02. The van der Waals surface area contributed by atoms with Gasteiger partial charge in [0.25, 0.3) is 0 Å². The number of nitrogens with one attached hydrogen (secondary N) is 1. The molecule has 2 aromatic carbocycles. The minimum Gasteiger partial charge on any atom is -0.497 e. The van der Waals surface area contributed by atoms with Gasteiger partial charge in [0.1, 0.15) is 22.9 Å². The maximum Gasteiger partial charge on any atom is 0.230 e. The average Bonchev–Trinajstić information content (AvgIpc) is 2.62. The number of fused-ring (bicyclic) bond motifs is 1. The van der Waals surface area contributed by atoms with Crippen LogP contribution in [0.3, 0.4) is 0 Å². The number of amides is 1. The van der Waals surface area contributed by atoms with Gasteiger partial charge in [-0.25, -0.2) is 4.39 Å². The zero-order chi connectivity index (χ0) is 19.4. The molecule has 1 atom stereocenters. The van der Waals surface area contributed by atoms with Crippen molar-refractivity contribution < 1.29 is 18.7 Å². The largest absolute Gasteiger partial charge is 0.497 e. The van der Waals surface area contributed by atoms with Crippen molar-refractivity contribution in [3.63, 3.8) is 0 Å². The molecule has 1 heterocycles. The van der Waals surface area contributed by atoms with Crippen LogP contribution < -0.4 is 14.8 Å². The van der Waals surface area contributed by atoms with Crippen LogP contribution in [0.4, 0.5) is 4.39 Å². The molecule has 0 spiro atoms. The highest BCUT2D eigenvalue weighted by atomic mass is 32.2. The van der Waals surface area contributed by atoms with Gasteiger partial charge in [-0.1, -0.05) is 18.2 Å². The lowest BCUT2D eigenvalue weighted by molar-refractivity contribution is -0.119. The third kappa shape index (κ3) is 4.95. The monoisotopic (exact) mass is 389 g/mol. The number of thioether (sulfide) groups is 1. The Kier molecular flexibility index (Phi) is 5.95. The number of hydrogen-bond acceptors (Lipinski definition) is 4. The maximum absolute atomic E-state index is 13.7. The molecular formula is C21H24FNO3S. The Hall–Kier alpha value is -2.21. The van der Waals surface area contributed by atoms with Crippen molar-refractivity contribution in [2.75, 3.05) is 12.9 Å². The molecule has 3 rings (SSSR count). The molecule has 1 aliphatic heterocycles. The van der Waals surface area contributed by atoms with Gasteiger partial charge in [0.2, 0.25) is 5.91 Å². The first kappa shape index (κ1) is 19.5. The van der Waals surface area contributed by atoms with Crippen LogP contribution in [0.1, 0.15) is 37.4 Å². The minimum absolute atomic E-state index is 0.0761. The lowest BCUT2D eigenvalue weighted by Gasteiger charge is -2.38. The smallest absolute Gasteiger partial charge is 0.230 e. The molecule has 6 heteroatoms. The van der Waals surface area contributed by atoms with Crippen LogP contribution in [-0.4, -0.2) is 24.4 Å².